The predicted molar refractivity (Wildman–Crippen MR) is 81.9 cm³/mol. The van der Waals surface area contributed by atoms with Crippen molar-refractivity contribution in [2.45, 2.75) is 0 Å². The molecule has 0 radical (unpaired) electrons. The monoisotopic (exact) mass is 350 g/mol. The van der Waals surface area contributed by atoms with E-state index in [0.29, 0.717) is 15.7 Å². The van der Waals surface area contributed by atoms with Gasteiger partial charge >= 0.3 is 0 Å². The minimum Gasteiger partial charge on any atom is -0.355 e. The maximum absolute atomic E-state index is 13.2. The molecule has 0 atom stereocenters. The molecule has 0 heterocycles. The van der Waals surface area contributed by atoms with Crippen molar-refractivity contribution in [3.63, 3.8) is 0 Å². The molecule has 21 heavy (non-hydrogen) atoms. The first-order chi connectivity index (χ1) is 10.0. The summed E-state index contributed by atoms with van der Waals surface area (Å²) in [6, 6.07) is 10.4. The van der Waals surface area contributed by atoms with Gasteiger partial charge in [-0.2, -0.15) is 0 Å². The van der Waals surface area contributed by atoms with Crippen LogP contribution in [-0.2, 0) is 0 Å². The maximum Gasteiger partial charge on any atom is 0.256 e. The number of para-hydroxylation sites is 1. The van der Waals surface area contributed by atoms with Crippen LogP contribution in [0, 0.1) is 5.82 Å². The molecule has 2 N–H and O–H groups in total. The zero-order chi connectivity index (χ0) is 15.4. The summed E-state index contributed by atoms with van der Waals surface area (Å²) in [4.78, 5) is 24.0. The zero-order valence-corrected chi connectivity index (χ0v) is 12.7. The second kappa shape index (κ2) is 6.49. The van der Waals surface area contributed by atoms with Gasteiger partial charge in [-0.15, -0.1) is 0 Å². The third-order valence-electron chi connectivity index (χ3n) is 2.82. The summed E-state index contributed by atoms with van der Waals surface area (Å²) in [6.07, 6.45) is 0. The molecule has 2 aromatic carbocycles. The van der Waals surface area contributed by atoms with Gasteiger partial charge in [-0.05, 0) is 46.3 Å². The van der Waals surface area contributed by atoms with Crippen LogP contribution in [0.1, 0.15) is 20.7 Å². The Morgan fingerprint density at radius 2 is 1.76 bits per heavy atom. The quantitative estimate of drug-likeness (QED) is 0.892. The Balaban J connectivity index is 2.32. The van der Waals surface area contributed by atoms with E-state index in [1.165, 1.54) is 19.2 Å². The van der Waals surface area contributed by atoms with E-state index in [2.05, 4.69) is 26.6 Å². The van der Waals surface area contributed by atoms with E-state index in [1.54, 1.807) is 24.3 Å². The molecule has 0 saturated heterocycles. The Morgan fingerprint density at radius 1 is 1.05 bits per heavy atom. The van der Waals surface area contributed by atoms with E-state index in [0.717, 1.165) is 6.07 Å². The first-order valence-electron chi connectivity index (χ1n) is 6.10. The fourth-order valence-electron chi connectivity index (χ4n) is 1.79. The lowest BCUT2D eigenvalue weighted by atomic mass is 10.1. The van der Waals surface area contributed by atoms with E-state index >= 15 is 0 Å². The van der Waals surface area contributed by atoms with Gasteiger partial charge in [0.1, 0.15) is 5.82 Å². The number of carbonyl (C=O) groups is 2. The minimum absolute atomic E-state index is 0.154. The van der Waals surface area contributed by atoms with Gasteiger partial charge in [0, 0.05) is 11.5 Å². The van der Waals surface area contributed by atoms with Crippen LogP contribution in [0.15, 0.2) is 46.9 Å². The molecule has 0 saturated carbocycles. The van der Waals surface area contributed by atoms with Crippen LogP contribution in [0.4, 0.5) is 10.1 Å². The fraction of sp³-hybridized carbons (Fsp3) is 0.0667. The molecular formula is C15H12BrFN2O2. The molecule has 4 nitrogen and oxygen atoms in total. The van der Waals surface area contributed by atoms with Gasteiger partial charge in [0.15, 0.2) is 0 Å². The highest BCUT2D eigenvalue weighted by atomic mass is 79.9. The molecule has 108 valence electrons. The van der Waals surface area contributed by atoms with E-state index in [1.807, 2.05) is 0 Å². The van der Waals surface area contributed by atoms with Crippen molar-refractivity contribution in [2.75, 3.05) is 12.4 Å². The van der Waals surface area contributed by atoms with Crippen LogP contribution < -0.4 is 10.6 Å². The van der Waals surface area contributed by atoms with Crippen LogP contribution in [0.5, 0.6) is 0 Å². The molecular weight excluding hydrogens is 339 g/mol. The lowest BCUT2D eigenvalue weighted by Gasteiger charge is -2.11. The molecule has 0 aliphatic carbocycles. The number of rotatable bonds is 3. The van der Waals surface area contributed by atoms with E-state index < -0.39 is 11.7 Å². The number of carbonyl (C=O) groups excluding carboxylic acids is 2. The molecule has 0 aromatic heterocycles. The summed E-state index contributed by atoms with van der Waals surface area (Å²) in [5.41, 5.74) is 0.848. The Morgan fingerprint density at radius 3 is 2.48 bits per heavy atom. The third-order valence-corrected chi connectivity index (χ3v) is 3.51. The molecule has 0 spiro atoms. The van der Waals surface area contributed by atoms with Gasteiger partial charge in [0.25, 0.3) is 11.8 Å². The minimum atomic E-state index is -0.511. The normalized spacial score (nSPS) is 10.0. The van der Waals surface area contributed by atoms with E-state index in [-0.39, 0.29) is 11.5 Å². The largest absolute Gasteiger partial charge is 0.355 e. The Bertz CT molecular complexity index is 704. The van der Waals surface area contributed by atoms with Crippen molar-refractivity contribution in [3.8, 4) is 0 Å². The standard InChI is InChI=1S/C15H12BrFN2O2/c1-18-14(20)10-4-2-3-5-13(10)19-15(21)11-8-9(17)6-7-12(11)16/h2-8H,1H3,(H,18,20)(H,19,21). The van der Waals surface area contributed by atoms with Crippen molar-refractivity contribution in [1.29, 1.82) is 0 Å². The number of hydrogen-bond acceptors (Lipinski definition) is 2. The van der Waals surface area contributed by atoms with Gasteiger partial charge in [0.05, 0.1) is 16.8 Å². The van der Waals surface area contributed by atoms with Crippen molar-refractivity contribution in [3.05, 3.63) is 63.9 Å². The fourth-order valence-corrected chi connectivity index (χ4v) is 2.21. The highest BCUT2D eigenvalue weighted by Gasteiger charge is 2.15. The molecule has 2 rings (SSSR count). The van der Waals surface area contributed by atoms with E-state index in [9.17, 15) is 14.0 Å². The van der Waals surface area contributed by atoms with Crippen LogP contribution in [0.3, 0.4) is 0 Å². The topological polar surface area (TPSA) is 58.2 Å². The van der Waals surface area contributed by atoms with E-state index in [4.69, 9.17) is 0 Å². The summed E-state index contributed by atoms with van der Waals surface area (Å²) < 4.78 is 13.7. The summed E-state index contributed by atoms with van der Waals surface area (Å²) in [6.45, 7) is 0. The third kappa shape index (κ3) is 3.46. The smallest absolute Gasteiger partial charge is 0.256 e. The predicted octanol–water partition coefficient (Wildman–Crippen LogP) is 3.20. The van der Waals surface area contributed by atoms with Crippen molar-refractivity contribution in [1.82, 2.24) is 5.32 Å². The van der Waals surface area contributed by atoms with Crippen LogP contribution in [-0.4, -0.2) is 18.9 Å². The number of anilines is 1. The summed E-state index contributed by atoms with van der Waals surface area (Å²) in [5.74, 6) is -1.33. The van der Waals surface area contributed by atoms with Crippen molar-refractivity contribution in [2.24, 2.45) is 0 Å². The summed E-state index contributed by atoms with van der Waals surface area (Å²) in [7, 11) is 1.50. The number of halogens is 2. The van der Waals surface area contributed by atoms with Crippen molar-refractivity contribution >= 4 is 33.4 Å². The highest BCUT2D eigenvalue weighted by molar-refractivity contribution is 9.10. The molecule has 0 aliphatic heterocycles. The van der Waals surface area contributed by atoms with Gasteiger partial charge in [-0.1, -0.05) is 12.1 Å². The van der Waals surface area contributed by atoms with Crippen LogP contribution >= 0.6 is 15.9 Å². The molecule has 2 aromatic rings. The maximum atomic E-state index is 13.2. The second-order valence-electron chi connectivity index (χ2n) is 4.20. The first kappa shape index (κ1) is 15.2. The lowest BCUT2D eigenvalue weighted by molar-refractivity contribution is 0.0964. The zero-order valence-electron chi connectivity index (χ0n) is 11.1. The van der Waals surface area contributed by atoms with Gasteiger partial charge in [-0.3, -0.25) is 9.59 Å². The molecule has 0 fully saturated rings. The molecule has 0 unspecified atom stereocenters. The second-order valence-corrected chi connectivity index (χ2v) is 5.06. The molecule has 0 aliphatic rings. The van der Waals surface area contributed by atoms with Crippen LogP contribution in [0.2, 0.25) is 0 Å². The van der Waals surface area contributed by atoms with Gasteiger partial charge in [0.2, 0.25) is 0 Å². The Hall–Kier alpha value is -2.21. The number of hydrogen-bond donors (Lipinski definition) is 2. The molecule has 2 amide bonds. The van der Waals surface area contributed by atoms with Crippen LogP contribution in [0.25, 0.3) is 0 Å². The Labute approximate surface area is 129 Å². The Kier molecular flexibility index (Phi) is 4.70. The summed E-state index contributed by atoms with van der Waals surface area (Å²) in [5, 5.41) is 5.11. The van der Waals surface area contributed by atoms with Gasteiger partial charge in [-0.25, -0.2) is 4.39 Å². The summed E-state index contributed by atoms with van der Waals surface area (Å²) >= 11 is 3.20. The number of amides is 2. The number of benzene rings is 2. The number of nitrogens with one attached hydrogen (secondary N) is 2. The SMILES string of the molecule is CNC(=O)c1ccccc1NC(=O)c1cc(F)ccc1Br. The average molecular weight is 351 g/mol. The van der Waals surface area contributed by atoms with Gasteiger partial charge < -0.3 is 10.6 Å². The lowest BCUT2D eigenvalue weighted by Crippen LogP contribution is -2.21. The average Bonchev–Trinajstić information content (AvgIpc) is 2.49. The first-order valence-corrected chi connectivity index (χ1v) is 6.89. The molecule has 0 bridgehead atoms. The molecule has 6 heteroatoms. The highest BCUT2D eigenvalue weighted by Crippen LogP contribution is 2.21. The van der Waals surface area contributed by atoms with Crippen molar-refractivity contribution < 1.29 is 14.0 Å².